The SMILES string of the molecule is CCNC(=NCc1ccc(C)cc1OC(C)C)NCCCN1CCCC(C(N)=O)C1. The third kappa shape index (κ3) is 8.22. The van der Waals surface area contributed by atoms with Gasteiger partial charge in [0.2, 0.25) is 5.91 Å². The Balaban J connectivity index is 1.85. The largest absolute Gasteiger partial charge is 0.491 e. The Labute approximate surface area is 181 Å². The van der Waals surface area contributed by atoms with Gasteiger partial charge in [0, 0.05) is 25.2 Å². The molecule has 1 aromatic rings. The fraction of sp³-hybridized carbons (Fsp3) is 0.652. The molecule has 1 aliphatic heterocycles. The van der Waals surface area contributed by atoms with Crippen molar-refractivity contribution in [3.05, 3.63) is 29.3 Å². The van der Waals surface area contributed by atoms with Crippen LogP contribution in [-0.4, -0.2) is 55.6 Å². The standard InChI is InChI=1S/C23H39N5O2/c1-5-25-23(26-11-7-13-28-12-6-8-20(16-28)22(24)29)27-15-19-10-9-18(4)14-21(19)30-17(2)3/h9-10,14,17,20H,5-8,11-13,15-16H2,1-4H3,(H2,24,29)(H2,25,26,27). The van der Waals surface area contributed by atoms with Crippen LogP contribution in [0.15, 0.2) is 23.2 Å². The van der Waals surface area contributed by atoms with E-state index in [0.717, 1.165) is 69.3 Å². The molecule has 0 aromatic heterocycles. The molecule has 1 fully saturated rings. The van der Waals surface area contributed by atoms with Crippen LogP contribution in [-0.2, 0) is 11.3 Å². The lowest BCUT2D eigenvalue weighted by Crippen LogP contribution is -2.43. The predicted molar refractivity (Wildman–Crippen MR) is 123 cm³/mol. The Kier molecular flexibility index (Phi) is 9.94. The van der Waals surface area contributed by atoms with Crippen LogP contribution in [0.1, 0.15) is 51.2 Å². The highest BCUT2D eigenvalue weighted by atomic mass is 16.5. The molecule has 0 radical (unpaired) electrons. The number of primary amides is 1. The topological polar surface area (TPSA) is 92.0 Å². The molecule has 7 nitrogen and oxygen atoms in total. The molecule has 1 aromatic carbocycles. The predicted octanol–water partition coefficient (Wildman–Crippen LogP) is 2.42. The number of nitrogens with two attached hydrogens (primary N) is 1. The number of ether oxygens (including phenoxy) is 1. The normalized spacial score (nSPS) is 17.8. The molecule has 168 valence electrons. The fourth-order valence-corrected chi connectivity index (χ4v) is 3.66. The highest BCUT2D eigenvalue weighted by Gasteiger charge is 2.23. The molecule has 1 amide bonds. The summed E-state index contributed by atoms with van der Waals surface area (Å²) in [6.07, 6.45) is 3.08. The molecule has 1 aliphatic rings. The molecule has 0 spiro atoms. The molecule has 1 heterocycles. The first-order valence-electron chi connectivity index (χ1n) is 11.2. The summed E-state index contributed by atoms with van der Waals surface area (Å²) in [5, 5.41) is 6.72. The summed E-state index contributed by atoms with van der Waals surface area (Å²) >= 11 is 0. The van der Waals surface area contributed by atoms with Crippen LogP contribution in [0, 0.1) is 12.8 Å². The molecule has 0 aliphatic carbocycles. The van der Waals surface area contributed by atoms with Gasteiger partial charge in [-0.1, -0.05) is 12.1 Å². The lowest BCUT2D eigenvalue weighted by atomic mass is 9.97. The zero-order valence-corrected chi connectivity index (χ0v) is 19.0. The molecule has 1 saturated heterocycles. The van der Waals surface area contributed by atoms with E-state index in [0.29, 0.717) is 6.54 Å². The van der Waals surface area contributed by atoms with Crippen LogP contribution in [0.2, 0.25) is 0 Å². The van der Waals surface area contributed by atoms with Crippen LogP contribution in [0.25, 0.3) is 0 Å². The number of rotatable bonds is 10. The molecule has 4 N–H and O–H groups in total. The Morgan fingerprint density at radius 1 is 1.37 bits per heavy atom. The van der Waals surface area contributed by atoms with E-state index < -0.39 is 0 Å². The Hall–Kier alpha value is -2.28. The van der Waals surface area contributed by atoms with E-state index in [9.17, 15) is 4.79 Å². The maximum atomic E-state index is 11.4. The molecule has 1 atom stereocenters. The highest BCUT2D eigenvalue weighted by Crippen LogP contribution is 2.22. The second kappa shape index (κ2) is 12.4. The quantitative estimate of drug-likeness (QED) is 0.309. The van der Waals surface area contributed by atoms with Gasteiger partial charge in [-0.3, -0.25) is 4.79 Å². The number of carbonyl (C=O) groups is 1. The van der Waals surface area contributed by atoms with Gasteiger partial charge in [-0.05, 0) is 71.7 Å². The summed E-state index contributed by atoms with van der Waals surface area (Å²) in [7, 11) is 0. The monoisotopic (exact) mass is 417 g/mol. The van der Waals surface area contributed by atoms with Crippen LogP contribution < -0.4 is 21.1 Å². The zero-order valence-electron chi connectivity index (χ0n) is 19.0. The van der Waals surface area contributed by atoms with E-state index in [1.807, 2.05) is 13.8 Å². The minimum absolute atomic E-state index is 0.00218. The van der Waals surface area contributed by atoms with E-state index in [-0.39, 0.29) is 17.9 Å². The second-order valence-corrected chi connectivity index (χ2v) is 8.30. The zero-order chi connectivity index (χ0) is 21.9. The van der Waals surface area contributed by atoms with Gasteiger partial charge in [0.1, 0.15) is 5.75 Å². The minimum Gasteiger partial charge on any atom is -0.491 e. The van der Waals surface area contributed by atoms with Gasteiger partial charge in [0.15, 0.2) is 5.96 Å². The van der Waals surface area contributed by atoms with Gasteiger partial charge in [-0.25, -0.2) is 4.99 Å². The van der Waals surface area contributed by atoms with E-state index in [2.05, 4.69) is 47.6 Å². The van der Waals surface area contributed by atoms with Crippen molar-refractivity contribution >= 4 is 11.9 Å². The van der Waals surface area contributed by atoms with Gasteiger partial charge >= 0.3 is 0 Å². The molecule has 0 bridgehead atoms. The van der Waals surface area contributed by atoms with Gasteiger partial charge in [-0.2, -0.15) is 0 Å². The Morgan fingerprint density at radius 2 is 2.17 bits per heavy atom. The van der Waals surface area contributed by atoms with E-state index in [4.69, 9.17) is 15.5 Å². The van der Waals surface area contributed by atoms with Crippen LogP contribution in [0.3, 0.4) is 0 Å². The van der Waals surface area contributed by atoms with E-state index >= 15 is 0 Å². The molecule has 30 heavy (non-hydrogen) atoms. The van der Waals surface area contributed by atoms with Gasteiger partial charge in [-0.15, -0.1) is 0 Å². The average Bonchev–Trinajstić information content (AvgIpc) is 2.70. The van der Waals surface area contributed by atoms with Gasteiger partial charge < -0.3 is 26.0 Å². The average molecular weight is 418 g/mol. The molecule has 1 unspecified atom stereocenters. The number of benzene rings is 1. The number of aliphatic imine (C=N–C) groups is 1. The van der Waals surface area contributed by atoms with Crippen molar-refractivity contribution in [2.75, 3.05) is 32.7 Å². The number of amides is 1. The summed E-state index contributed by atoms with van der Waals surface area (Å²) in [6, 6.07) is 6.26. The van der Waals surface area contributed by atoms with E-state index in [1.165, 1.54) is 5.56 Å². The Morgan fingerprint density at radius 3 is 2.87 bits per heavy atom. The number of guanidine groups is 1. The van der Waals surface area contributed by atoms with Crippen molar-refractivity contribution in [1.29, 1.82) is 0 Å². The third-order valence-electron chi connectivity index (χ3n) is 5.19. The first kappa shape index (κ1) is 24.0. The van der Waals surface area contributed by atoms with Crippen molar-refractivity contribution in [3.63, 3.8) is 0 Å². The van der Waals surface area contributed by atoms with Crippen molar-refractivity contribution in [3.8, 4) is 5.75 Å². The van der Waals surface area contributed by atoms with Crippen LogP contribution in [0.5, 0.6) is 5.75 Å². The highest BCUT2D eigenvalue weighted by molar-refractivity contribution is 5.79. The van der Waals surface area contributed by atoms with Gasteiger partial charge in [0.05, 0.1) is 18.6 Å². The second-order valence-electron chi connectivity index (χ2n) is 8.30. The van der Waals surface area contributed by atoms with Crippen LogP contribution >= 0.6 is 0 Å². The number of piperidine rings is 1. The summed E-state index contributed by atoms with van der Waals surface area (Å²) in [5.41, 5.74) is 7.73. The first-order valence-corrected chi connectivity index (χ1v) is 11.2. The fourth-order valence-electron chi connectivity index (χ4n) is 3.66. The number of likely N-dealkylation sites (tertiary alicyclic amines) is 1. The molecule has 0 saturated carbocycles. The maximum absolute atomic E-state index is 11.4. The Bertz CT molecular complexity index is 705. The minimum atomic E-state index is -0.170. The third-order valence-corrected chi connectivity index (χ3v) is 5.19. The molecule has 2 rings (SSSR count). The van der Waals surface area contributed by atoms with Crippen molar-refractivity contribution in [1.82, 2.24) is 15.5 Å². The number of nitrogens with zero attached hydrogens (tertiary/aromatic N) is 2. The molecular formula is C23H39N5O2. The number of hydrogen-bond donors (Lipinski definition) is 3. The molecular weight excluding hydrogens is 378 g/mol. The van der Waals surface area contributed by atoms with Crippen molar-refractivity contribution in [2.45, 2.75) is 59.6 Å². The van der Waals surface area contributed by atoms with Crippen LogP contribution in [0.4, 0.5) is 0 Å². The summed E-state index contributed by atoms with van der Waals surface area (Å²) in [4.78, 5) is 18.5. The maximum Gasteiger partial charge on any atom is 0.221 e. The first-order chi connectivity index (χ1) is 14.4. The van der Waals surface area contributed by atoms with E-state index in [1.54, 1.807) is 0 Å². The summed E-state index contributed by atoms with van der Waals surface area (Å²) < 4.78 is 5.96. The number of hydrogen-bond acceptors (Lipinski definition) is 4. The summed E-state index contributed by atoms with van der Waals surface area (Å²) in [6.45, 7) is 13.2. The van der Waals surface area contributed by atoms with Crippen molar-refractivity contribution < 1.29 is 9.53 Å². The van der Waals surface area contributed by atoms with Crippen molar-refractivity contribution in [2.24, 2.45) is 16.6 Å². The molecule has 7 heteroatoms. The lowest BCUT2D eigenvalue weighted by Gasteiger charge is -2.31. The number of nitrogens with one attached hydrogen (secondary N) is 2. The van der Waals surface area contributed by atoms with Gasteiger partial charge in [0.25, 0.3) is 0 Å². The smallest absolute Gasteiger partial charge is 0.221 e. The number of aryl methyl sites for hydroxylation is 1. The number of carbonyl (C=O) groups excluding carboxylic acids is 1. The lowest BCUT2D eigenvalue weighted by molar-refractivity contribution is -0.123. The summed E-state index contributed by atoms with van der Waals surface area (Å²) in [5.74, 6) is 1.54.